The Balaban J connectivity index is 2.33. The van der Waals surface area contributed by atoms with Crippen LogP contribution in [0.1, 0.15) is 0 Å². The average Bonchev–Trinajstić information content (AvgIpc) is 2.30. The first-order valence-electron chi connectivity index (χ1n) is 4.72. The zero-order valence-electron chi connectivity index (χ0n) is 8.18. The molecular formula is C12H12AsNO. The van der Waals surface area contributed by atoms with Crippen molar-refractivity contribution in [2.24, 2.45) is 0 Å². The fourth-order valence-electron chi connectivity index (χ4n) is 1.39. The van der Waals surface area contributed by atoms with Crippen LogP contribution in [0, 0.1) is 0 Å². The first-order chi connectivity index (χ1) is 7.27. The molecule has 1 atom stereocenters. The molecule has 1 unspecified atom stereocenters. The van der Waals surface area contributed by atoms with Gasteiger partial charge in [0.1, 0.15) is 0 Å². The molecule has 0 saturated heterocycles. The Morgan fingerprint density at radius 1 is 0.800 bits per heavy atom. The second kappa shape index (κ2) is 4.41. The van der Waals surface area contributed by atoms with Crippen LogP contribution in [0.25, 0.3) is 0 Å². The van der Waals surface area contributed by atoms with Crippen LogP contribution in [0.2, 0.25) is 0 Å². The Hall–Kier alpha value is -1.40. The van der Waals surface area contributed by atoms with Gasteiger partial charge in [0.2, 0.25) is 0 Å². The number of benzene rings is 2. The van der Waals surface area contributed by atoms with Crippen LogP contribution < -0.4 is 14.4 Å². The average molecular weight is 261 g/mol. The van der Waals surface area contributed by atoms with Crippen LogP contribution in [0.5, 0.6) is 0 Å². The second-order valence-corrected chi connectivity index (χ2v) is 7.12. The second-order valence-electron chi connectivity index (χ2n) is 3.32. The van der Waals surface area contributed by atoms with E-state index in [2.05, 4.69) is 0 Å². The van der Waals surface area contributed by atoms with E-state index < -0.39 is 14.6 Å². The summed E-state index contributed by atoms with van der Waals surface area (Å²) in [4.78, 5) is 0. The minimum absolute atomic E-state index is 0.706. The van der Waals surface area contributed by atoms with Crippen molar-refractivity contribution in [2.75, 3.05) is 5.73 Å². The van der Waals surface area contributed by atoms with E-state index >= 15 is 0 Å². The summed E-state index contributed by atoms with van der Waals surface area (Å²) in [6.45, 7) is 0. The molecule has 2 rings (SSSR count). The van der Waals surface area contributed by atoms with Crippen LogP contribution >= 0.6 is 0 Å². The molecule has 0 aliphatic carbocycles. The summed E-state index contributed by atoms with van der Waals surface area (Å²) in [5.74, 6) is 0. The number of hydrogen-bond donors (Lipinski definition) is 1. The Bertz CT molecular complexity index is 465. The number of hydrogen-bond acceptors (Lipinski definition) is 2. The first kappa shape index (κ1) is 10.1. The summed E-state index contributed by atoms with van der Waals surface area (Å²) < 4.78 is 14.0. The van der Waals surface area contributed by atoms with Crippen LogP contribution in [0.15, 0.2) is 54.6 Å². The van der Waals surface area contributed by atoms with Gasteiger partial charge in [-0.2, -0.15) is 0 Å². The molecule has 0 fully saturated rings. The SMILES string of the molecule is Nc1ccc([AsH](=O)c2ccccc2)cc1. The van der Waals surface area contributed by atoms with Crippen LogP contribution in [0.4, 0.5) is 5.69 Å². The van der Waals surface area contributed by atoms with Crippen molar-refractivity contribution in [3.05, 3.63) is 54.6 Å². The molecule has 15 heavy (non-hydrogen) atoms. The molecule has 0 saturated carbocycles. The fraction of sp³-hybridized carbons (Fsp3) is 0. The molecule has 76 valence electrons. The Morgan fingerprint density at radius 3 is 1.93 bits per heavy atom. The van der Waals surface area contributed by atoms with Gasteiger partial charge in [-0.05, 0) is 0 Å². The molecule has 0 spiro atoms. The summed E-state index contributed by atoms with van der Waals surface area (Å²) in [6, 6.07) is 16.9. The van der Waals surface area contributed by atoms with Crippen molar-refractivity contribution in [1.82, 2.24) is 0 Å². The van der Waals surface area contributed by atoms with Crippen LogP contribution in [-0.4, -0.2) is 14.6 Å². The third-order valence-electron chi connectivity index (χ3n) is 2.21. The number of nitrogen functional groups attached to an aromatic ring is 1. The summed E-state index contributed by atoms with van der Waals surface area (Å²) in [7, 11) is 0. The summed E-state index contributed by atoms with van der Waals surface area (Å²) in [6.07, 6.45) is 0. The quantitative estimate of drug-likeness (QED) is 0.633. The molecule has 0 heterocycles. The molecule has 2 N–H and O–H groups in total. The maximum atomic E-state index is 12.2. The Labute approximate surface area is 93.2 Å². The molecule has 3 heteroatoms. The van der Waals surface area contributed by atoms with Gasteiger partial charge in [0.05, 0.1) is 0 Å². The molecule has 0 amide bonds. The maximum absolute atomic E-state index is 12.2. The van der Waals surface area contributed by atoms with Crippen molar-refractivity contribution in [2.45, 2.75) is 0 Å². The molecular weight excluding hydrogens is 249 g/mol. The number of nitrogens with two attached hydrogens (primary N) is 1. The van der Waals surface area contributed by atoms with E-state index in [1.54, 1.807) is 12.1 Å². The van der Waals surface area contributed by atoms with E-state index in [0.717, 1.165) is 8.70 Å². The number of anilines is 1. The number of rotatable bonds is 2. The molecule has 0 radical (unpaired) electrons. The third-order valence-corrected chi connectivity index (χ3v) is 5.81. The summed E-state index contributed by atoms with van der Waals surface area (Å²) in [5, 5.41) is 0. The van der Waals surface area contributed by atoms with E-state index in [1.807, 2.05) is 42.5 Å². The van der Waals surface area contributed by atoms with Crippen molar-refractivity contribution in [1.29, 1.82) is 0 Å². The van der Waals surface area contributed by atoms with E-state index in [4.69, 9.17) is 5.73 Å². The van der Waals surface area contributed by atoms with Crippen molar-refractivity contribution >= 4 is 29.0 Å². The zero-order chi connectivity index (χ0) is 10.7. The van der Waals surface area contributed by atoms with Gasteiger partial charge in [-0.25, -0.2) is 0 Å². The normalized spacial score (nSPS) is 12.3. The predicted molar refractivity (Wildman–Crippen MR) is 64.4 cm³/mol. The van der Waals surface area contributed by atoms with Crippen LogP contribution in [-0.2, 0) is 3.74 Å². The third kappa shape index (κ3) is 2.34. The van der Waals surface area contributed by atoms with Gasteiger partial charge in [0.25, 0.3) is 0 Å². The molecule has 0 bridgehead atoms. The molecule has 2 aromatic rings. The Morgan fingerprint density at radius 2 is 1.33 bits per heavy atom. The Kier molecular flexibility index (Phi) is 2.98. The predicted octanol–water partition coefficient (Wildman–Crippen LogP) is 0.537. The summed E-state index contributed by atoms with van der Waals surface area (Å²) in [5.41, 5.74) is 6.29. The van der Waals surface area contributed by atoms with E-state index in [-0.39, 0.29) is 0 Å². The monoisotopic (exact) mass is 261 g/mol. The standard InChI is InChI=1S/C12H12AsNO/c14-12-8-6-11(7-9-12)13(15)10-4-2-1-3-5-10/h1-9,13H,14H2. The van der Waals surface area contributed by atoms with Crippen molar-refractivity contribution in [3.63, 3.8) is 0 Å². The van der Waals surface area contributed by atoms with Gasteiger partial charge in [-0.1, -0.05) is 0 Å². The van der Waals surface area contributed by atoms with Gasteiger partial charge in [0.15, 0.2) is 0 Å². The first-order valence-corrected chi connectivity index (χ1v) is 7.68. The van der Waals surface area contributed by atoms with E-state index in [0.29, 0.717) is 5.69 Å². The van der Waals surface area contributed by atoms with Gasteiger partial charge in [0, 0.05) is 0 Å². The van der Waals surface area contributed by atoms with Crippen LogP contribution in [0.3, 0.4) is 0 Å². The van der Waals surface area contributed by atoms with Gasteiger partial charge < -0.3 is 0 Å². The van der Waals surface area contributed by atoms with Gasteiger partial charge >= 0.3 is 93.1 Å². The molecule has 0 aliphatic heterocycles. The van der Waals surface area contributed by atoms with Gasteiger partial charge in [-0.15, -0.1) is 0 Å². The van der Waals surface area contributed by atoms with E-state index in [1.165, 1.54) is 0 Å². The molecule has 2 aromatic carbocycles. The van der Waals surface area contributed by atoms with Gasteiger partial charge in [-0.3, -0.25) is 0 Å². The molecule has 0 aliphatic rings. The summed E-state index contributed by atoms with van der Waals surface area (Å²) >= 11 is -2.53. The topological polar surface area (TPSA) is 43.1 Å². The molecule has 0 aromatic heterocycles. The van der Waals surface area contributed by atoms with Crippen molar-refractivity contribution in [3.8, 4) is 0 Å². The minimum atomic E-state index is -2.53. The van der Waals surface area contributed by atoms with E-state index in [9.17, 15) is 3.74 Å². The van der Waals surface area contributed by atoms with Crippen molar-refractivity contribution < 1.29 is 3.74 Å². The molecule has 2 nitrogen and oxygen atoms in total. The fourth-order valence-corrected chi connectivity index (χ4v) is 4.11. The zero-order valence-corrected chi connectivity index (χ0v) is 10.3.